The van der Waals surface area contributed by atoms with Crippen LogP contribution < -0.4 is 18.9 Å². The second-order valence-electron chi connectivity index (χ2n) is 8.00. The molecule has 0 saturated carbocycles. The van der Waals surface area contributed by atoms with Crippen molar-refractivity contribution in [2.45, 2.75) is 33.0 Å². The van der Waals surface area contributed by atoms with Crippen LogP contribution in [0.1, 0.15) is 56.1 Å². The Morgan fingerprint density at radius 3 is 2.42 bits per heavy atom. The molecule has 0 radical (unpaired) electrons. The molecule has 2 aromatic carbocycles. The number of hydrogen-bond acceptors (Lipinski definition) is 6. The molecule has 0 spiro atoms. The maximum Gasteiger partial charge on any atom is 1.00 e. The van der Waals surface area contributed by atoms with Gasteiger partial charge in [-0.1, -0.05) is 29.8 Å². The van der Waals surface area contributed by atoms with E-state index in [0.717, 1.165) is 0 Å². The van der Waals surface area contributed by atoms with Crippen molar-refractivity contribution in [1.82, 2.24) is 14.9 Å². The van der Waals surface area contributed by atoms with Gasteiger partial charge in [0.1, 0.15) is 18.1 Å². The predicted molar refractivity (Wildman–Crippen MR) is 124 cm³/mol. The normalized spacial score (nSPS) is 11.4. The van der Waals surface area contributed by atoms with E-state index in [0.29, 0.717) is 22.3 Å². The summed E-state index contributed by atoms with van der Waals surface area (Å²) in [6.07, 6.45) is 2.65. The quantitative estimate of drug-likeness (QED) is 0.405. The number of aliphatic carboxylic acids is 1. The smallest absolute Gasteiger partial charge is 0.644 e. The van der Waals surface area contributed by atoms with Crippen LogP contribution in [0.5, 0.6) is 0 Å². The summed E-state index contributed by atoms with van der Waals surface area (Å²) < 4.78 is 13.5. The SMILES string of the molecule is Cc1cc(C[N-]C(=O)c2ncncc2CN(CC(=O)O)[C@@H](C)c2ccc(C(=O)O)cc2)ccc1F.[Li+]. The molecule has 182 valence electrons. The summed E-state index contributed by atoms with van der Waals surface area (Å²) in [6.45, 7) is 3.15. The van der Waals surface area contributed by atoms with Crippen molar-refractivity contribution in [1.29, 1.82) is 0 Å². The average Bonchev–Trinajstić information content (AvgIpc) is 2.83. The first-order chi connectivity index (χ1) is 16.7. The van der Waals surface area contributed by atoms with Crippen LogP contribution in [-0.2, 0) is 17.9 Å². The van der Waals surface area contributed by atoms with Crippen LogP contribution in [0.2, 0.25) is 0 Å². The van der Waals surface area contributed by atoms with Gasteiger partial charge in [-0.05, 0) is 43.2 Å². The van der Waals surface area contributed by atoms with Crippen molar-refractivity contribution < 1.29 is 47.8 Å². The van der Waals surface area contributed by atoms with Crippen LogP contribution in [0.3, 0.4) is 0 Å². The average molecular weight is 486 g/mol. The van der Waals surface area contributed by atoms with Gasteiger partial charge in [0, 0.05) is 24.3 Å². The number of carboxylic acids is 2. The van der Waals surface area contributed by atoms with Gasteiger partial charge in [0.05, 0.1) is 17.8 Å². The molecule has 9 nitrogen and oxygen atoms in total. The molecule has 36 heavy (non-hydrogen) atoms. The molecule has 0 aliphatic heterocycles. The third-order valence-electron chi connectivity index (χ3n) is 5.52. The summed E-state index contributed by atoms with van der Waals surface area (Å²) in [6, 6.07) is 10.2. The number of carbonyl (C=O) groups excluding carboxylic acids is 1. The van der Waals surface area contributed by atoms with Crippen LogP contribution >= 0.6 is 0 Å². The molecule has 0 aliphatic carbocycles. The van der Waals surface area contributed by atoms with Gasteiger partial charge in [-0.25, -0.2) is 19.2 Å². The van der Waals surface area contributed by atoms with Gasteiger partial charge in [0.15, 0.2) is 0 Å². The van der Waals surface area contributed by atoms with Gasteiger partial charge in [-0.3, -0.25) is 9.69 Å². The van der Waals surface area contributed by atoms with E-state index < -0.39 is 23.9 Å². The van der Waals surface area contributed by atoms with Crippen LogP contribution in [-0.4, -0.2) is 49.5 Å². The molecule has 1 amide bonds. The molecule has 1 atom stereocenters. The first-order valence-electron chi connectivity index (χ1n) is 10.7. The molecule has 0 unspecified atom stereocenters. The van der Waals surface area contributed by atoms with Gasteiger partial charge in [0.25, 0.3) is 0 Å². The zero-order chi connectivity index (χ0) is 25.5. The summed E-state index contributed by atoms with van der Waals surface area (Å²) in [4.78, 5) is 45.1. The maximum atomic E-state index is 13.5. The minimum absolute atomic E-state index is 0. The van der Waals surface area contributed by atoms with E-state index in [2.05, 4.69) is 15.3 Å². The molecule has 2 N–H and O–H groups in total. The standard InChI is InChI=1S/C25H25FN4O5.Li/c1-15-9-17(3-8-21(15)26)10-28-24(33)23-20(11-27-14-29-23)12-30(13-22(31)32)16(2)18-4-6-19(7-5-18)25(34)35;/h3-9,11,14,16H,10,12-13H2,1-2H3,(H3,28,31,32,33,34,35);/q;+1/p-1/t16-;/m0./s1. The van der Waals surface area contributed by atoms with Crippen LogP contribution in [0.15, 0.2) is 55.0 Å². The minimum atomic E-state index is -1.07. The molecule has 0 fully saturated rings. The summed E-state index contributed by atoms with van der Waals surface area (Å²) in [5.41, 5.74) is 2.38. The Kier molecular flexibility index (Phi) is 10.3. The van der Waals surface area contributed by atoms with E-state index in [4.69, 9.17) is 5.11 Å². The third-order valence-corrected chi connectivity index (χ3v) is 5.52. The Bertz CT molecular complexity index is 1240. The zero-order valence-electron chi connectivity index (χ0n) is 20.2. The van der Waals surface area contributed by atoms with E-state index in [-0.39, 0.29) is 55.6 Å². The van der Waals surface area contributed by atoms with Gasteiger partial charge < -0.3 is 20.3 Å². The van der Waals surface area contributed by atoms with Crippen LogP contribution in [0, 0.1) is 12.7 Å². The number of amides is 1. The Morgan fingerprint density at radius 1 is 1.11 bits per heavy atom. The van der Waals surface area contributed by atoms with E-state index >= 15 is 0 Å². The Morgan fingerprint density at radius 2 is 1.81 bits per heavy atom. The van der Waals surface area contributed by atoms with Gasteiger partial charge in [0.2, 0.25) is 0 Å². The van der Waals surface area contributed by atoms with Crippen molar-refractivity contribution in [2.75, 3.05) is 6.54 Å². The number of aromatic nitrogens is 2. The predicted octanol–water partition coefficient (Wildman–Crippen LogP) is 0.988. The van der Waals surface area contributed by atoms with Crippen LogP contribution in [0.4, 0.5) is 4.39 Å². The molecule has 0 bridgehead atoms. The summed E-state index contributed by atoms with van der Waals surface area (Å²) >= 11 is 0. The summed E-state index contributed by atoms with van der Waals surface area (Å²) in [5, 5.41) is 22.6. The molecular weight excluding hydrogens is 462 g/mol. The number of hydrogen-bond donors (Lipinski definition) is 2. The fourth-order valence-electron chi connectivity index (χ4n) is 3.55. The molecule has 1 aromatic heterocycles. The van der Waals surface area contributed by atoms with E-state index in [1.54, 1.807) is 43.0 Å². The molecule has 1 heterocycles. The van der Waals surface area contributed by atoms with E-state index in [1.807, 2.05) is 0 Å². The van der Waals surface area contributed by atoms with Crippen molar-refractivity contribution in [3.8, 4) is 0 Å². The van der Waals surface area contributed by atoms with Crippen molar-refractivity contribution in [3.05, 3.63) is 99.6 Å². The van der Waals surface area contributed by atoms with E-state index in [9.17, 15) is 23.9 Å². The monoisotopic (exact) mass is 486 g/mol. The number of carboxylic acid groups (broad SMARTS) is 2. The number of carbonyl (C=O) groups is 3. The number of benzene rings is 2. The fourth-order valence-corrected chi connectivity index (χ4v) is 3.55. The number of halogens is 1. The van der Waals surface area contributed by atoms with Crippen molar-refractivity contribution >= 4 is 17.8 Å². The molecule has 11 heteroatoms. The van der Waals surface area contributed by atoms with Crippen molar-refractivity contribution in [3.63, 3.8) is 0 Å². The minimum Gasteiger partial charge on any atom is -0.644 e. The largest absolute Gasteiger partial charge is 1.00 e. The van der Waals surface area contributed by atoms with Crippen LogP contribution in [0.25, 0.3) is 5.32 Å². The summed E-state index contributed by atoms with van der Waals surface area (Å²) in [5.74, 6) is -3.07. The Hall–Kier alpha value is -3.58. The Labute approximate surface area is 219 Å². The van der Waals surface area contributed by atoms with Crippen molar-refractivity contribution in [2.24, 2.45) is 0 Å². The molecule has 3 aromatic rings. The number of aryl methyl sites for hydroxylation is 1. The Balaban J connectivity index is 0.00000456. The molecule has 0 aliphatic rings. The number of aromatic carboxylic acids is 1. The van der Waals surface area contributed by atoms with Gasteiger partial charge in [-0.15, -0.1) is 6.54 Å². The number of rotatable bonds is 10. The topological polar surface area (TPSA) is 135 Å². The first kappa shape index (κ1) is 28.7. The second kappa shape index (κ2) is 12.9. The zero-order valence-corrected chi connectivity index (χ0v) is 20.2. The first-order valence-corrected chi connectivity index (χ1v) is 10.7. The fraction of sp³-hybridized carbons (Fsp3) is 0.240. The molecular formula is C25H24FLiN4O5. The number of nitrogens with zero attached hydrogens (tertiary/aromatic N) is 4. The second-order valence-corrected chi connectivity index (χ2v) is 8.00. The summed E-state index contributed by atoms with van der Waals surface area (Å²) in [7, 11) is 0. The third kappa shape index (κ3) is 7.46. The molecule has 3 rings (SSSR count). The van der Waals surface area contributed by atoms with Gasteiger partial charge >= 0.3 is 30.8 Å². The maximum absolute atomic E-state index is 13.5. The van der Waals surface area contributed by atoms with E-state index in [1.165, 1.54) is 30.7 Å². The molecule has 0 saturated heterocycles. The van der Waals surface area contributed by atoms with Gasteiger partial charge in [-0.2, -0.15) is 0 Å².